The average molecular weight is 441 g/mol. The van der Waals surface area contributed by atoms with Gasteiger partial charge in [0.15, 0.2) is 0 Å². The van der Waals surface area contributed by atoms with Gasteiger partial charge in [-0.25, -0.2) is 10.6 Å². The highest BCUT2D eigenvalue weighted by molar-refractivity contribution is 5.94. The van der Waals surface area contributed by atoms with Crippen LogP contribution in [0.4, 0.5) is 0 Å². The van der Waals surface area contributed by atoms with E-state index in [0.29, 0.717) is 22.6 Å². The molecule has 0 bridgehead atoms. The average Bonchev–Trinajstić information content (AvgIpc) is 2.73. The first-order valence-electron chi connectivity index (χ1n) is 9.28. The molecule has 0 unspecified atom stereocenters. The van der Waals surface area contributed by atoms with E-state index in [1.54, 1.807) is 12.1 Å². The van der Waals surface area contributed by atoms with Crippen LogP contribution in [-0.2, 0) is 0 Å². The van der Waals surface area contributed by atoms with Crippen molar-refractivity contribution in [2.45, 2.75) is 47.3 Å². The second-order valence-corrected chi connectivity index (χ2v) is 6.76. The number of ether oxygens (including phenoxy) is 2. The number of nitrogens with zero attached hydrogens (tertiary/aromatic N) is 2. The summed E-state index contributed by atoms with van der Waals surface area (Å²) in [5.74, 6) is 4.39. The van der Waals surface area contributed by atoms with E-state index in [2.05, 4.69) is 0 Å². The molecule has 2 aromatic carbocycles. The number of hydrazine groups is 1. The molecule has 0 aliphatic carbocycles. The fraction of sp³-hybridized carbons (Fsp3) is 0.304. The zero-order valence-electron chi connectivity index (χ0n) is 17.7. The highest BCUT2D eigenvalue weighted by Gasteiger charge is 2.11. The van der Waals surface area contributed by atoms with Gasteiger partial charge < -0.3 is 14.6 Å². The van der Waals surface area contributed by atoms with Crippen molar-refractivity contribution in [3.63, 3.8) is 0 Å². The molecule has 0 saturated heterocycles. The number of hydrogen-bond donors (Lipinski definition) is 3. The predicted octanol–water partition coefficient (Wildman–Crippen LogP) is 3.63. The summed E-state index contributed by atoms with van der Waals surface area (Å²) in [6.07, 6.45) is -0.0749. The third-order valence-corrected chi connectivity index (χ3v) is 3.57. The minimum Gasteiger partial charge on any atom is -0.490 e. The van der Waals surface area contributed by atoms with Gasteiger partial charge in [0.05, 0.1) is 28.9 Å². The van der Waals surface area contributed by atoms with E-state index in [-0.39, 0.29) is 30.8 Å². The lowest BCUT2D eigenvalue weighted by Crippen LogP contribution is -2.30. The molecular weight excluding hydrogens is 412 g/mol. The van der Waals surface area contributed by atoms with Crippen LogP contribution in [0.2, 0.25) is 0 Å². The van der Waals surface area contributed by atoms with Gasteiger partial charge in [0.2, 0.25) is 0 Å². The molecule has 2 aromatic rings. The quantitative estimate of drug-likeness (QED) is 0.349. The minimum absolute atomic E-state index is 0. The first kappa shape index (κ1) is 27.9. The summed E-state index contributed by atoms with van der Waals surface area (Å²) in [6.45, 7) is 7.40. The van der Waals surface area contributed by atoms with Crippen LogP contribution in [0, 0.1) is 22.7 Å². The van der Waals surface area contributed by atoms with Crippen molar-refractivity contribution in [3.8, 4) is 23.6 Å². The van der Waals surface area contributed by atoms with Crippen LogP contribution < -0.4 is 20.7 Å². The van der Waals surface area contributed by atoms with E-state index < -0.39 is 11.9 Å². The molecule has 0 radical (unpaired) electrons. The Kier molecular flexibility index (Phi) is 11.6. The largest absolute Gasteiger partial charge is 0.490 e. The molecule has 1 amide bonds. The van der Waals surface area contributed by atoms with Gasteiger partial charge in [0.1, 0.15) is 23.6 Å². The maximum atomic E-state index is 11.2. The second kappa shape index (κ2) is 13.3. The number of nitrogen functional groups attached to an aromatic ring is 1. The predicted molar refractivity (Wildman–Crippen MR) is 119 cm³/mol. The maximum absolute atomic E-state index is 11.2. The Balaban J connectivity index is 0.000000584. The van der Waals surface area contributed by atoms with Gasteiger partial charge in [-0.15, -0.1) is 0 Å². The summed E-state index contributed by atoms with van der Waals surface area (Å²) in [5.41, 5.74) is 2.97. The van der Waals surface area contributed by atoms with Crippen molar-refractivity contribution >= 4 is 11.9 Å². The van der Waals surface area contributed by atoms with Crippen LogP contribution in [0.15, 0.2) is 36.4 Å². The third-order valence-electron chi connectivity index (χ3n) is 3.57. The van der Waals surface area contributed by atoms with Gasteiger partial charge in [-0.2, -0.15) is 10.5 Å². The van der Waals surface area contributed by atoms with Gasteiger partial charge in [0, 0.05) is 5.56 Å². The number of carbonyl (C=O) groups excluding carboxylic acids is 1. The highest BCUT2D eigenvalue weighted by Crippen LogP contribution is 2.21. The van der Waals surface area contributed by atoms with Crippen molar-refractivity contribution in [1.29, 1.82) is 10.5 Å². The van der Waals surface area contributed by atoms with Crippen molar-refractivity contribution in [2.75, 3.05) is 0 Å². The lowest BCUT2D eigenvalue weighted by atomic mass is 10.1. The Labute approximate surface area is 188 Å². The molecule has 0 aliphatic heterocycles. The number of hydrogen-bond acceptors (Lipinski definition) is 7. The smallest absolute Gasteiger partial charge is 0.335 e. The molecule has 32 heavy (non-hydrogen) atoms. The number of aromatic carboxylic acids is 1. The summed E-state index contributed by atoms with van der Waals surface area (Å²) in [4.78, 5) is 21.9. The Morgan fingerprint density at radius 3 is 1.66 bits per heavy atom. The van der Waals surface area contributed by atoms with Crippen molar-refractivity contribution < 1.29 is 24.2 Å². The highest BCUT2D eigenvalue weighted by atomic mass is 16.5. The molecule has 0 spiro atoms. The van der Waals surface area contributed by atoms with Crippen LogP contribution >= 0.6 is 0 Å². The summed E-state index contributed by atoms with van der Waals surface area (Å²) in [5, 5.41) is 26.5. The molecule has 0 aliphatic rings. The number of carboxylic acid groups (broad SMARTS) is 1. The molecule has 4 N–H and O–H groups in total. The van der Waals surface area contributed by atoms with Crippen LogP contribution in [0.3, 0.4) is 0 Å². The fourth-order valence-corrected chi connectivity index (χ4v) is 2.31. The van der Waals surface area contributed by atoms with E-state index in [9.17, 15) is 9.59 Å². The van der Waals surface area contributed by atoms with E-state index in [4.69, 9.17) is 30.9 Å². The number of nitrogens with one attached hydrogen (secondary N) is 1. The van der Waals surface area contributed by atoms with Gasteiger partial charge in [0.25, 0.3) is 5.91 Å². The standard InChI is InChI=1S/C11H13N3O2.C11H11NO3.CH4/c1-7(2)16-10-4-3-8(11(15)14-13)5-9(10)6-12;1-7(2)15-10-4-3-8(11(13)14)5-9(10)6-12;/h3-5,7H,13H2,1-2H3,(H,14,15);3-5,7H,1-2H3,(H,13,14);1H4. The minimum atomic E-state index is -1.05. The molecule has 0 heterocycles. The topological polar surface area (TPSA) is 158 Å². The number of carboxylic acids is 1. The number of amides is 1. The Hall–Kier alpha value is -4.08. The van der Waals surface area contributed by atoms with Crippen LogP contribution in [0.5, 0.6) is 11.5 Å². The lowest BCUT2D eigenvalue weighted by Gasteiger charge is -2.11. The zero-order chi connectivity index (χ0) is 23.6. The SMILES string of the molecule is C.CC(C)Oc1ccc(C(=O)NN)cc1C#N.CC(C)Oc1ccc(C(=O)O)cc1C#N. The maximum Gasteiger partial charge on any atom is 0.335 e. The van der Waals surface area contributed by atoms with E-state index >= 15 is 0 Å². The van der Waals surface area contributed by atoms with Crippen molar-refractivity contribution in [3.05, 3.63) is 58.7 Å². The third kappa shape index (κ3) is 8.34. The molecule has 0 aromatic heterocycles. The Morgan fingerprint density at radius 1 is 0.906 bits per heavy atom. The first-order valence-corrected chi connectivity index (χ1v) is 9.28. The second-order valence-electron chi connectivity index (χ2n) is 6.76. The molecular formula is C23H28N4O5. The molecule has 0 saturated carbocycles. The number of rotatable bonds is 6. The molecule has 0 atom stereocenters. The van der Waals surface area contributed by atoms with Gasteiger partial charge in [-0.3, -0.25) is 10.2 Å². The van der Waals surface area contributed by atoms with E-state index in [0.717, 1.165) is 0 Å². The van der Waals surface area contributed by atoms with Crippen LogP contribution in [0.25, 0.3) is 0 Å². The normalized spacial score (nSPS) is 9.41. The summed E-state index contributed by atoms with van der Waals surface area (Å²) in [7, 11) is 0. The van der Waals surface area contributed by atoms with Crippen LogP contribution in [0.1, 0.15) is 67.0 Å². The molecule has 2 rings (SSSR count). The summed E-state index contributed by atoms with van der Waals surface area (Å²) >= 11 is 0. The lowest BCUT2D eigenvalue weighted by molar-refractivity contribution is 0.0696. The Morgan fingerprint density at radius 2 is 1.31 bits per heavy atom. The molecule has 9 heteroatoms. The summed E-state index contributed by atoms with van der Waals surface area (Å²) in [6, 6.07) is 12.7. The fourth-order valence-electron chi connectivity index (χ4n) is 2.31. The van der Waals surface area contributed by atoms with E-state index in [1.807, 2.05) is 45.3 Å². The number of nitriles is 2. The number of benzene rings is 2. The van der Waals surface area contributed by atoms with Gasteiger partial charge in [-0.05, 0) is 64.1 Å². The number of carbonyl (C=O) groups is 2. The first-order chi connectivity index (χ1) is 14.6. The van der Waals surface area contributed by atoms with Crippen LogP contribution in [-0.4, -0.2) is 29.2 Å². The molecule has 0 fully saturated rings. The van der Waals surface area contributed by atoms with Crippen molar-refractivity contribution in [2.24, 2.45) is 5.84 Å². The van der Waals surface area contributed by atoms with E-state index in [1.165, 1.54) is 24.3 Å². The summed E-state index contributed by atoms with van der Waals surface area (Å²) < 4.78 is 10.8. The number of nitrogens with two attached hydrogens (primary N) is 1. The molecule has 170 valence electrons. The van der Waals surface area contributed by atoms with Crippen molar-refractivity contribution in [1.82, 2.24) is 5.43 Å². The van der Waals surface area contributed by atoms with Gasteiger partial charge >= 0.3 is 5.97 Å². The van der Waals surface area contributed by atoms with Gasteiger partial charge in [-0.1, -0.05) is 7.43 Å². The molecule has 9 nitrogen and oxygen atoms in total. The monoisotopic (exact) mass is 440 g/mol. The Bertz CT molecular complexity index is 1020. The zero-order valence-corrected chi connectivity index (χ0v) is 17.7.